The Morgan fingerprint density at radius 1 is 1.41 bits per heavy atom. The van der Waals surface area contributed by atoms with Crippen molar-refractivity contribution in [3.05, 3.63) is 40.0 Å². The zero-order valence-electron chi connectivity index (χ0n) is 16.1. The molecule has 0 aromatic carbocycles. The van der Waals surface area contributed by atoms with E-state index in [1.807, 2.05) is 30.6 Å². The molecule has 0 radical (unpaired) electrons. The summed E-state index contributed by atoms with van der Waals surface area (Å²) in [5.41, 5.74) is -0.373. The predicted octanol–water partition coefficient (Wildman–Crippen LogP) is 0.858. The van der Waals surface area contributed by atoms with Crippen LogP contribution in [0, 0.1) is 0 Å². The number of nitrogens with zero attached hydrogens (tertiary/aromatic N) is 5. The van der Waals surface area contributed by atoms with Gasteiger partial charge >= 0.3 is 0 Å². The van der Waals surface area contributed by atoms with Crippen LogP contribution in [0.4, 0.5) is 0 Å². The molecule has 1 fully saturated rings. The molecular weight excluding hydrogens is 350 g/mol. The third-order valence-corrected chi connectivity index (χ3v) is 4.76. The molecule has 0 unspecified atom stereocenters. The lowest BCUT2D eigenvalue weighted by atomic mass is 9.97. The van der Waals surface area contributed by atoms with E-state index < -0.39 is 0 Å². The van der Waals surface area contributed by atoms with Crippen molar-refractivity contribution < 1.29 is 13.9 Å². The van der Waals surface area contributed by atoms with Crippen LogP contribution >= 0.6 is 0 Å². The highest BCUT2D eigenvalue weighted by molar-refractivity contribution is 5.91. The number of ether oxygens (including phenoxy) is 1. The summed E-state index contributed by atoms with van der Waals surface area (Å²) < 4.78 is 12.2. The van der Waals surface area contributed by atoms with Gasteiger partial charge in [0.05, 0.1) is 13.7 Å². The van der Waals surface area contributed by atoms with Crippen LogP contribution in [-0.4, -0.2) is 64.8 Å². The average Bonchev–Trinajstić information content (AvgIpc) is 3.01. The first-order valence-corrected chi connectivity index (χ1v) is 8.89. The first-order valence-electron chi connectivity index (χ1n) is 8.89. The number of rotatable bonds is 5. The summed E-state index contributed by atoms with van der Waals surface area (Å²) in [7, 11) is 7.31. The molecule has 1 aliphatic rings. The van der Waals surface area contributed by atoms with Crippen LogP contribution in [0.15, 0.2) is 21.5 Å². The molecule has 1 atom stereocenters. The molecule has 0 bridgehead atoms. The SMILES string of the molecule is COc1coc(C(=O)N2CCC[C@@H](c3nnc(CN(C)C)n3C)C2)cc1=O. The Labute approximate surface area is 157 Å². The Bertz CT molecular complexity index is 873. The molecule has 3 rings (SSSR count). The molecule has 3 heterocycles. The summed E-state index contributed by atoms with van der Waals surface area (Å²) in [5, 5.41) is 8.64. The van der Waals surface area contributed by atoms with Crippen molar-refractivity contribution in [2.45, 2.75) is 25.3 Å². The maximum absolute atomic E-state index is 12.8. The van der Waals surface area contributed by atoms with E-state index >= 15 is 0 Å². The van der Waals surface area contributed by atoms with Crippen molar-refractivity contribution in [1.29, 1.82) is 0 Å². The number of carbonyl (C=O) groups is 1. The summed E-state index contributed by atoms with van der Waals surface area (Å²) in [6, 6.07) is 1.18. The zero-order chi connectivity index (χ0) is 19.6. The molecule has 9 heteroatoms. The second-order valence-corrected chi connectivity index (χ2v) is 7.04. The first kappa shape index (κ1) is 19.1. The molecule has 2 aromatic heterocycles. The van der Waals surface area contributed by atoms with Crippen molar-refractivity contribution in [3.63, 3.8) is 0 Å². The van der Waals surface area contributed by atoms with E-state index in [2.05, 4.69) is 10.2 Å². The van der Waals surface area contributed by atoms with Gasteiger partial charge in [0, 0.05) is 32.1 Å². The Morgan fingerprint density at radius 3 is 2.85 bits per heavy atom. The lowest BCUT2D eigenvalue weighted by Crippen LogP contribution is -2.40. The van der Waals surface area contributed by atoms with Gasteiger partial charge in [0.15, 0.2) is 5.76 Å². The number of aromatic nitrogens is 3. The molecule has 1 aliphatic heterocycles. The van der Waals surface area contributed by atoms with Crippen molar-refractivity contribution in [2.75, 3.05) is 34.3 Å². The maximum Gasteiger partial charge on any atom is 0.289 e. The van der Waals surface area contributed by atoms with E-state index in [0.717, 1.165) is 24.5 Å². The number of hydrogen-bond donors (Lipinski definition) is 0. The van der Waals surface area contributed by atoms with Crippen LogP contribution in [0.2, 0.25) is 0 Å². The molecular formula is C18H25N5O4. The third-order valence-electron chi connectivity index (χ3n) is 4.76. The Kier molecular flexibility index (Phi) is 5.59. The van der Waals surface area contributed by atoms with Crippen molar-refractivity contribution >= 4 is 5.91 Å². The molecule has 0 N–H and O–H groups in total. The second kappa shape index (κ2) is 7.91. The molecule has 9 nitrogen and oxygen atoms in total. The van der Waals surface area contributed by atoms with Gasteiger partial charge < -0.3 is 23.5 Å². The van der Waals surface area contributed by atoms with Gasteiger partial charge in [0.25, 0.3) is 5.91 Å². The fourth-order valence-corrected chi connectivity index (χ4v) is 3.34. The molecule has 0 spiro atoms. The largest absolute Gasteiger partial charge is 0.490 e. The van der Waals surface area contributed by atoms with E-state index in [-0.39, 0.29) is 28.8 Å². The highest BCUT2D eigenvalue weighted by Gasteiger charge is 2.30. The van der Waals surface area contributed by atoms with Crippen LogP contribution in [0.25, 0.3) is 0 Å². The third kappa shape index (κ3) is 4.02. The Hall–Kier alpha value is -2.68. The number of amides is 1. The average molecular weight is 375 g/mol. The summed E-state index contributed by atoms with van der Waals surface area (Å²) in [6.45, 7) is 1.84. The first-order chi connectivity index (χ1) is 12.9. The van der Waals surface area contributed by atoms with Gasteiger partial charge in [0.1, 0.15) is 17.9 Å². The van der Waals surface area contributed by atoms with Crippen molar-refractivity contribution in [1.82, 2.24) is 24.6 Å². The van der Waals surface area contributed by atoms with Gasteiger partial charge in [-0.15, -0.1) is 10.2 Å². The van der Waals surface area contributed by atoms with Gasteiger partial charge in [-0.05, 0) is 26.9 Å². The topological polar surface area (TPSA) is 93.7 Å². The van der Waals surface area contributed by atoms with Crippen LogP contribution in [0.1, 0.15) is 41.0 Å². The highest BCUT2D eigenvalue weighted by Crippen LogP contribution is 2.27. The molecule has 146 valence electrons. The second-order valence-electron chi connectivity index (χ2n) is 7.04. The predicted molar refractivity (Wildman–Crippen MR) is 97.8 cm³/mol. The maximum atomic E-state index is 12.8. The number of piperidine rings is 1. The molecule has 0 saturated carbocycles. The fourth-order valence-electron chi connectivity index (χ4n) is 3.34. The van der Waals surface area contributed by atoms with E-state index in [4.69, 9.17) is 9.15 Å². The monoisotopic (exact) mass is 375 g/mol. The van der Waals surface area contributed by atoms with Gasteiger partial charge in [-0.3, -0.25) is 9.59 Å². The summed E-state index contributed by atoms with van der Waals surface area (Å²) in [6.07, 6.45) is 2.96. The van der Waals surface area contributed by atoms with Gasteiger partial charge in [-0.1, -0.05) is 0 Å². The molecule has 27 heavy (non-hydrogen) atoms. The lowest BCUT2D eigenvalue weighted by Gasteiger charge is -2.31. The number of likely N-dealkylation sites (tertiary alicyclic amines) is 1. The van der Waals surface area contributed by atoms with Crippen molar-refractivity contribution in [2.24, 2.45) is 7.05 Å². The summed E-state index contributed by atoms with van der Waals surface area (Å²) in [5.74, 6) is 1.67. The number of carbonyl (C=O) groups excluding carboxylic acids is 1. The van der Waals surface area contributed by atoms with Crippen LogP contribution < -0.4 is 10.2 Å². The van der Waals surface area contributed by atoms with Gasteiger partial charge in [-0.2, -0.15) is 0 Å². The van der Waals surface area contributed by atoms with Crippen LogP contribution in [-0.2, 0) is 13.6 Å². The lowest BCUT2D eigenvalue weighted by molar-refractivity contribution is 0.0667. The van der Waals surface area contributed by atoms with E-state index in [9.17, 15) is 9.59 Å². The zero-order valence-corrected chi connectivity index (χ0v) is 16.1. The minimum Gasteiger partial charge on any atom is -0.490 e. The minimum atomic E-state index is -0.373. The smallest absolute Gasteiger partial charge is 0.289 e. The normalized spacial score (nSPS) is 17.4. The molecule has 1 amide bonds. The quantitative estimate of drug-likeness (QED) is 0.765. The van der Waals surface area contributed by atoms with Crippen molar-refractivity contribution in [3.8, 4) is 5.75 Å². The fraction of sp³-hybridized carbons (Fsp3) is 0.556. The molecule has 1 saturated heterocycles. The van der Waals surface area contributed by atoms with Gasteiger partial charge in [-0.25, -0.2) is 0 Å². The van der Waals surface area contributed by atoms with Gasteiger partial charge in [0.2, 0.25) is 11.2 Å². The van der Waals surface area contributed by atoms with E-state index in [0.29, 0.717) is 19.6 Å². The highest BCUT2D eigenvalue weighted by atomic mass is 16.5. The van der Waals surface area contributed by atoms with Crippen LogP contribution in [0.3, 0.4) is 0 Å². The van der Waals surface area contributed by atoms with E-state index in [1.165, 1.54) is 19.4 Å². The molecule has 2 aromatic rings. The minimum absolute atomic E-state index is 0.0210. The van der Waals surface area contributed by atoms with E-state index in [1.54, 1.807) is 4.90 Å². The van der Waals surface area contributed by atoms with Crippen LogP contribution in [0.5, 0.6) is 5.75 Å². The Morgan fingerprint density at radius 2 is 2.19 bits per heavy atom. The summed E-state index contributed by atoms with van der Waals surface area (Å²) >= 11 is 0. The Balaban J connectivity index is 1.76. The number of methoxy groups -OCH3 is 1. The summed E-state index contributed by atoms with van der Waals surface area (Å²) in [4.78, 5) is 28.4. The number of hydrogen-bond acceptors (Lipinski definition) is 7. The molecule has 0 aliphatic carbocycles. The standard InChI is InChI=1S/C18H25N5O4/c1-21(2)10-16-19-20-17(22(16)3)12-6-5-7-23(9-12)18(25)14-8-13(24)15(26-4)11-27-14/h8,11-12H,5-7,9-10H2,1-4H3/t12-/m1/s1.